The van der Waals surface area contributed by atoms with Gasteiger partial charge in [-0.05, 0) is 46.0 Å². The Morgan fingerprint density at radius 2 is 2.18 bits per heavy atom. The van der Waals surface area contributed by atoms with Crippen LogP contribution < -0.4 is 5.32 Å². The number of nitrogens with one attached hydrogen (secondary N) is 1. The maximum absolute atomic E-state index is 12.2. The third-order valence-corrected chi connectivity index (χ3v) is 3.87. The molecule has 10 heteroatoms. The molecule has 0 radical (unpaired) electrons. The standard InChI is InChI=1S/C12H10BrN5O3S/c1-2-3-6-9(22-18-15-6)10(19)14-12-17-16-11(21-12)7-4-5-8(13)20-7/h4-5H,2-3H2,1H3,(H,14,17,19). The quantitative estimate of drug-likeness (QED) is 0.720. The highest BCUT2D eigenvalue weighted by atomic mass is 79.9. The summed E-state index contributed by atoms with van der Waals surface area (Å²) in [4.78, 5) is 12.6. The molecule has 0 bridgehead atoms. The van der Waals surface area contributed by atoms with E-state index >= 15 is 0 Å². The highest BCUT2D eigenvalue weighted by Gasteiger charge is 2.19. The lowest BCUT2D eigenvalue weighted by Gasteiger charge is -1.98. The van der Waals surface area contributed by atoms with Gasteiger partial charge in [0.15, 0.2) is 10.4 Å². The normalized spacial score (nSPS) is 10.8. The fourth-order valence-corrected chi connectivity index (χ4v) is 2.65. The smallest absolute Gasteiger partial charge is 0.322 e. The molecule has 0 spiro atoms. The summed E-state index contributed by atoms with van der Waals surface area (Å²) in [7, 11) is 0. The molecule has 3 heterocycles. The fourth-order valence-electron chi connectivity index (χ4n) is 1.74. The summed E-state index contributed by atoms with van der Waals surface area (Å²) >= 11 is 4.22. The molecule has 0 saturated heterocycles. The van der Waals surface area contributed by atoms with Crippen LogP contribution in [0.1, 0.15) is 28.7 Å². The lowest BCUT2D eigenvalue weighted by molar-refractivity contribution is 0.102. The molecule has 3 rings (SSSR count). The van der Waals surface area contributed by atoms with Crippen molar-refractivity contribution >= 4 is 39.4 Å². The molecular weight excluding hydrogens is 374 g/mol. The number of anilines is 1. The minimum Gasteiger partial charge on any atom is -0.444 e. The van der Waals surface area contributed by atoms with Crippen molar-refractivity contribution in [3.63, 3.8) is 0 Å². The van der Waals surface area contributed by atoms with Crippen molar-refractivity contribution < 1.29 is 13.6 Å². The number of amides is 1. The summed E-state index contributed by atoms with van der Waals surface area (Å²) in [5.41, 5.74) is 0.666. The average molecular weight is 384 g/mol. The van der Waals surface area contributed by atoms with Crippen molar-refractivity contribution in [3.05, 3.63) is 27.4 Å². The van der Waals surface area contributed by atoms with E-state index in [0.29, 0.717) is 27.4 Å². The number of carbonyl (C=O) groups excluding carboxylic acids is 1. The average Bonchev–Trinajstić information content (AvgIpc) is 3.19. The second kappa shape index (κ2) is 6.36. The molecule has 0 saturated carbocycles. The zero-order valence-corrected chi connectivity index (χ0v) is 13.8. The Morgan fingerprint density at radius 1 is 1.32 bits per heavy atom. The number of hydrogen-bond acceptors (Lipinski definition) is 8. The van der Waals surface area contributed by atoms with E-state index in [9.17, 15) is 4.79 Å². The van der Waals surface area contributed by atoms with E-state index in [1.54, 1.807) is 12.1 Å². The van der Waals surface area contributed by atoms with E-state index in [0.717, 1.165) is 18.0 Å². The molecule has 8 nitrogen and oxygen atoms in total. The zero-order chi connectivity index (χ0) is 15.5. The molecule has 0 aliphatic carbocycles. The molecule has 1 N–H and O–H groups in total. The summed E-state index contributed by atoms with van der Waals surface area (Å²) in [6, 6.07) is 3.37. The van der Waals surface area contributed by atoms with Crippen molar-refractivity contribution in [1.82, 2.24) is 19.8 Å². The third kappa shape index (κ3) is 3.07. The number of nitrogens with zero attached hydrogens (tertiary/aromatic N) is 4. The second-order valence-corrected chi connectivity index (χ2v) is 5.80. The van der Waals surface area contributed by atoms with Gasteiger partial charge in [0, 0.05) is 0 Å². The molecule has 3 aromatic rings. The van der Waals surface area contributed by atoms with E-state index in [-0.39, 0.29) is 17.8 Å². The van der Waals surface area contributed by atoms with E-state index < -0.39 is 0 Å². The van der Waals surface area contributed by atoms with E-state index in [1.165, 1.54) is 0 Å². The molecule has 0 aliphatic heterocycles. The Kier molecular flexibility index (Phi) is 4.29. The number of rotatable bonds is 5. The van der Waals surface area contributed by atoms with Crippen LogP contribution in [0.4, 0.5) is 6.01 Å². The van der Waals surface area contributed by atoms with Gasteiger partial charge in [0.25, 0.3) is 11.8 Å². The molecule has 3 aromatic heterocycles. The van der Waals surface area contributed by atoms with Crippen molar-refractivity contribution in [2.24, 2.45) is 0 Å². The minimum atomic E-state index is -0.366. The SMILES string of the molecule is CCCc1nnsc1C(=O)Nc1nnc(-c2ccc(Br)o2)o1. The van der Waals surface area contributed by atoms with Crippen LogP contribution in [0, 0.1) is 0 Å². The topological polar surface area (TPSA) is 107 Å². The maximum Gasteiger partial charge on any atom is 0.322 e. The Morgan fingerprint density at radius 3 is 2.91 bits per heavy atom. The first-order chi connectivity index (χ1) is 10.7. The second-order valence-electron chi connectivity index (χ2n) is 4.27. The van der Waals surface area contributed by atoms with Crippen LogP contribution in [-0.4, -0.2) is 25.7 Å². The molecule has 0 atom stereocenters. The molecular formula is C12H10BrN5O3S. The fraction of sp³-hybridized carbons (Fsp3) is 0.250. The summed E-state index contributed by atoms with van der Waals surface area (Å²) < 4.78 is 15.0. The van der Waals surface area contributed by atoms with Gasteiger partial charge < -0.3 is 8.83 Å². The molecule has 22 heavy (non-hydrogen) atoms. The van der Waals surface area contributed by atoms with Crippen LogP contribution in [0.2, 0.25) is 0 Å². The highest BCUT2D eigenvalue weighted by Crippen LogP contribution is 2.25. The van der Waals surface area contributed by atoms with E-state index in [1.807, 2.05) is 6.92 Å². The Labute approximate surface area is 137 Å². The van der Waals surface area contributed by atoms with Crippen molar-refractivity contribution in [2.45, 2.75) is 19.8 Å². The predicted molar refractivity (Wildman–Crippen MR) is 81.6 cm³/mol. The first-order valence-electron chi connectivity index (χ1n) is 6.39. The van der Waals surface area contributed by atoms with Crippen LogP contribution in [0.5, 0.6) is 0 Å². The molecule has 0 aromatic carbocycles. The van der Waals surface area contributed by atoms with Gasteiger partial charge in [0.2, 0.25) is 0 Å². The van der Waals surface area contributed by atoms with Gasteiger partial charge in [-0.2, -0.15) is 0 Å². The van der Waals surface area contributed by atoms with Crippen LogP contribution in [0.3, 0.4) is 0 Å². The Balaban J connectivity index is 1.74. The molecule has 114 valence electrons. The van der Waals surface area contributed by atoms with Crippen molar-refractivity contribution in [2.75, 3.05) is 5.32 Å². The predicted octanol–water partition coefficient (Wildman–Crippen LogP) is 3.15. The molecule has 0 aliphatic rings. The van der Waals surface area contributed by atoms with Crippen molar-refractivity contribution in [3.8, 4) is 11.7 Å². The molecule has 0 fully saturated rings. The minimum absolute atomic E-state index is 0.0108. The van der Waals surface area contributed by atoms with Crippen LogP contribution in [0.15, 0.2) is 25.6 Å². The lowest BCUT2D eigenvalue weighted by atomic mass is 10.2. The van der Waals surface area contributed by atoms with E-state index in [2.05, 4.69) is 41.0 Å². The van der Waals surface area contributed by atoms with Gasteiger partial charge in [0.05, 0.1) is 5.69 Å². The van der Waals surface area contributed by atoms with Gasteiger partial charge in [-0.3, -0.25) is 10.1 Å². The van der Waals surface area contributed by atoms with Gasteiger partial charge in [-0.15, -0.1) is 10.2 Å². The van der Waals surface area contributed by atoms with Gasteiger partial charge >= 0.3 is 6.01 Å². The van der Waals surface area contributed by atoms with Crippen LogP contribution in [0.25, 0.3) is 11.7 Å². The number of hydrogen-bond donors (Lipinski definition) is 1. The van der Waals surface area contributed by atoms with Gasteiger partial charge in [-0.1, -0.05) is 22.9 Å². The Hall–Kier alpha value is -2.07. The van der Waals surface area contributed by atoms with Crippen LogP contribution >= 0.6 is 27.5 Å². The number of carbonyl (C=O) groups is 1. The number of halogens is 1. The maximum atomic E-state index is 12.2. The van der Waals surface area contributed by atoms with Gasteiger partial charge in [0.1, 0.15) is 4.88 Å². The monoisotopic (exact) mass is 383 g/mol. The van der Waals surface area contributed by atoms with Crippen LogP contribution in [-0.2, 0) is 6.42 Å². The number of aryl methyl sites for hydroxylation is 1. The molecule has 1 amide bonds. The van der Waals surface area contributed by atoms with Crippen molar-refractivity contribution in [1.29, 1.82) is 0 Å². The first-order valence-corrected chi connectivity index (χ1v) is 7.95. The lowest BCUT2D eigenvalue weighted by Crippen LogP contribution is -2.12. The zero-order valence-electron chi connectivity index (χ0n) is 11.4. The molecule has 0 unspecified atom stereocenters. The first kappa shape index (κ1) is 14.9. The third-order valence-electron chi connectivity index (χ3n) is 2.68. The van der Waals surface area contributed by atoms with E-state index in [4.69, 9.17) is 8.83 Å². The summed E-state index contributed by atoms with van der Waals surface area (Å²) in [6.45, 7) is 2.01. The van der Waals surface area contributed by atoms with Gasteiger partial charge in [-0.25, -0.2) is 0 Å². The number of aromatic nitrogens is 4. The number of furan rings is 1. The largest absolute Gasteiger partial charge is 0.444 e. The summed E-state index contributed by atoms with van der Waals surface area (Å²) in [5, 5.41) is 14.1. The summed E-state index contributed by atoms with van der Waals surface area (Å²) in [5.74, 6) is 0.220. The highest BCUT2D eigenvalue weighted by molar-refractivity contribution is 9.10. The summed E-state index contributed by atoms with van der Waals surface area (Å²) in [6.07, 6.45) is 1.57. The Bertz CT molecular complexity index is 796.